The SMILES string of the molecule is CCNc1ccc(C(=O)N2CC(C)OCC2C)nc1. The molecule has 104 valence electrons. The Kier molecular flexibility index (Phi) is 4.37. The van der Waals surface area contributed by atoms with Crippen molar-refractivity contribution < 1.29 is 9.53 Å². The van der Waals surface area contributed by atoms with Gasteiger partial charge in [-0.25, -0.2) is 4.98 Å². The molecule has 1 aliphatic heterocycles. The first-order valence-electron chi connectivity index (χ1n) is 6.74. The summed E-state index contributed by atoms with van der Waals surface area (Å²) in [5.41, 5.74) is 1.42. The minimum atomic E-state index is -0.0225. The van der Waals surface area contributed by atoms with Gasteiger partial charge in [0.05, 0.1) is 30.6 Å². The Balaban J connectivity index is 2.09. The number of rotatable bonds is 3. The summed E-state index contributed by atoms with van der Waals surface area (Å²) in [5.74, 6) is -0.0225. The Bertz CT molecular complexity index is 433. The quantitative estimate of drug-likeness (QED) is 0.903. The number of carbonyl (C=O) groups excluding carboxylic acids is 1. The zero-order valence-corrected chi connectivity index (χ0v) is 11.7. The number of aromatic nitrogens is 1. The van der Waals surface area contributed by atoms with E-state index in [-0.39, 0.29) is 18.1 Å². The molecule has 19 heavy (non-hydrogen) atoms. The zero-order valence-electron chi connectivity index (χ0n) is 11.7. The van der Waals surface area contributed by atoms with Crippen LogP contribution in [0.4, 0.5) is 5.69 Å². The number of hydrogen-bond acceptors (Lipinski definition) is 4. The van der Waals surface area contributed by atoms with Crippen molar-refractivity contribution in [3.05, 3.63) is 24.0 Å². The van der Waals surface area contributed by atoms with Crippen LogP contribution in [0.5, 0.6) is 0 Å². The second kappa shape index (κ2) is 6.02. The zero-order chi connectivity index (χ0) is 13.8. The van der Waals surface area contributed by atoms with Crippen molar-refractivity contribution in [3.63, 3.8) is 0 Å². The van der Waals surface area contributed by atoms with Gasteiger partial charge in [0.15, 0.2) is 0 Å². The molecule has 1 aromatic heterocycles. The molecule has 0 bridgehead atoms. The van der Waals surface area contributed by atoms with E-state index in [1.54, 1.807) is 12.3 Å². The maximum absolute atomic E-state index is 12.4. The van der Waals surface area contributed by atoms with Crippen molar-refractivity contribution in [2.24, 2.45) is 0 Å². The van der Waals surface area contributed by atoms with Crippen molar-refractivity contribution in [1.82, 2.24) is 9.88 Å². The van der Waals surface area contributed by atoms with Crippen LogP contribution in [-0.2, 0) is 4.74 Å². The fourth-order valence-electron chi connectivity index (χ4n) is 2.16. The molecule has 2 unspecified atom stereocenters. The lowest BCUT2D eigenvalue weighted by molar-refractivity contribution is -0.0389. The van der Waals surface area contributed by atoms with Crippen LogP contribution in [0.2, 0.25) is 0 Å². The molecule has 1 fully saturated rings. The first-order valence-corrected chi connectivity index (χ1v) is 6.74. The van der Waals surface area contributed by atoms with E-state index in [1.165, 1.54) is 0 Å². The van der Waals surface area contributed by atoms with Gasteiger partial charge >= 0.3 is 0 Å². The second-order valence-electron chi connectivity index (χ2n) is 4.91. The number of hydrogen-bond donors (Lipinski definition) is 1. The Labute approximate surface area is 114 Å². The molecular weight excluding hydrogens is 242 g/mol. The largest absolute Gasteiger partial charge is 0.384 e. The lowest BCUT2D eigenvalue weighted by Gasteiger charge is -2.36. The fourth-order valence-corrected chi connectivity index (χ4v) is 2.16. The first-order chi connectivity index (χ1) is 9.11. The number of ether oxygens (including phenoxy) is 1. The van der Waals surface area contributed by atoms with E-state index in [9.17, 15) is 4.79 Å². The van der Waals surface area contributed by atoms with E-state index in [0.29, 0.717) is 18.8 Å². The highest BCUT2D eigenvalue weighted by Gasteiger charge is 2.28. The summed E-state index contributed by atoms with van der Waals surface area (Å²) in [7, 11) is 0. The van der Waals surface area contributed by atoms with E-state index < -0.39 is 0 Å². The van der Waals surface area contributed by atoms with Gasteiger partial charge < -0.3 is 15.0 Å². The van der Waals surface area contributed by atoms with Crippen molar-refractivity contribution in [2.75, 3.05) is 25.0 Å². The summed E-state index contributed by atoms with van der Waals surface area (Å²) in [6, 6.07) is 3.75. The third kappa shape index (κ3) is 3.23. The van der Waals surface area contributed by atoms with Crippen LogP contribution in [0.25, 0.3) is 0 Å². The summed E-state index contributed by atoms with van der Waals surface area (Å²) >= 11 is 0. The van der Waals surface area contributed by atoms with E-state index in [0.717, 1.165) is 12.2 Å². The van der Waals surface area contributed by atoms with Crippen LogP contribution >= 0.6 is 0 Å². The molecule has 1 aromatic rings. The molecular formula is C14H21N3O2. The van der Waals surface area contributed by atoms with E-state index in [1.807, 2.05) is 31.7 Å². The molecule has 2 atom stereocenters. The molecule has 0 aromatic carbocycles. The van der Waals surface area contributed by atoms with Gasteiger partial charge in [0, 0.05) is 13.1 Å². The van der Waals surface area contributed by atoms with E-state index in [4.69, 9.17) is 4.74 Å². The molecule has 2 rings (SSSR count). The van der Waals surface area contributed by atoms with Gasteiger partial charge in [0.25, 0.3) is 5.91 Å². The molecule has 0 radical (unpaired) electrons. The normalized spacial score (nSPS) is 23.2. The summed E-state index contributed by atoms with van der Waals surface area (Å²) in [4.78, 5) is 18.5. The number of amides is 1. The lowest BCUT2D eigenvalue weighted by atomic mass is 10.2. The highest BCUT2D eigenvalue weighted by molar-refractivity contribution is 5.92. The summed E-state index contributed by atoms with van der Waals surface area (Å²) < 4.78 is 5.53. The van der Waals surface area contributed by atoms with Crippen LogP contribution in [-0.4, -0.2) is 47.6 Å². The molecule has 0 aliphatic carbocycles. The molecule has 1 N–H and O–H groups in total. The third-order valence-electron chi connectivity index (χ3n) is 3.23. The number of carbonyl (C=O) groups is 1. The number of nitrogens with zero attached hydrogens (tertiary/aromatic N) is 2. The van der Waals surface area contributed by atoms with Crippen molar-refractivity contribution >= 4 is 11.6 Å². The summed E-state index contributed by atoms with van der Waals surface area (Å²) in [6.07, 6.45) is 1.78. The molecule has 5 nitrogen and oxygen atoms in total. The average Bonchev–Trinajstić information content (AvgIpc) is 2.42. The number of anilines is 1. The van der Waals surface area contributed by atoms with Crippen LogP contribution in [0.3, 0.4) is 0 Å². The van der Waals surface area contributed by atoms with E-state index in [2.05, 4.69) is 10.3 Å². The predicted molar refractivity (Wildman–Crippen MR) is 74.3 cm³/mol. The summed E-state index contributed by atoms with van der Waals surface area (Å²) in [5, 5.41) is 3.16. The number of pyridine rings is 1. The highest BCUT2D eigenvalue weighted by Crippen LogP contribution is 2.15. The van der Waals surface area contributed by atoms with Gasteiger partial charge in [0.2, 0.25) is 0 Å². The van der Waals surface area contributed by atoms with Crippen molar-refractivity contribution in [3.8, 4) is 0 Å². The number of morpholine rings is 1. The Morgan fingerprint density at radius 3 is 2.95 bits per heavy atom. The van der Waals surface area contributed by atoms with Gasteiger partial charge in [-0.3, -0.25) is 4.79 Å². The Morgan fingerprint density at radius 1 is 1.53 bits per heavy atom. The average molecular weight is 263 g/mol. The van der Waals surface area contributed by atoms with Crippen LogP contribution < -0.4 is 5.32 Å². The van der Waals surface area contributed by atoms with Gasteiger partial charge in [-0.15, -0.1) is 0 Å². The van der Waals surface area contributed by atoms with Crippen molar-refractivity contribution in [2.45, 2.75) is 32.9 Å². The van der Waals surface area contributed by atoms with Gasteiger partial charge in [0.1, 0.15) is 5.69 Å². The van der Waals surface area contributed by atoms with Gasteiger partial charge in [-0.2, -0.15) is 0 Å². The monoisotopic (exact) mass is 263 g/mol. The smallest absolute Gasteiger partial charge is 0.272 e. The molecule has 1 saturated heterocycles. The Hall–Kier alpha value is -1.62. The minimum Gasteiger partial charge on any atom is -0.384 e. The molecule has 5 heteroatoms. The predicted octanol–water partition coefficient (Wildman–Crippen LogP) is 1.76. The number of nitrogens with one attached hydrogen (secondary N) is 1. The molecule has 1 aliphatic rings. The van der Waals surface area contributed by atoms with Crippen LogP contribution in [0.1, 0.15) is 31.3 Å². The maximum Gasteiger partial charge on any atom is 0.272 e. The van der Waals surface area contributed by atoms with Crippen molar-refractivity contribution in [1.29, 1.82) is 0 Å². The summed E-state index contributed by atoms with van der Waals surface area (Å²) in [6.45, 7) is 8.05. The topological polar surface area (TPSA) is 54.5 Å². The van der Waals surface area contributed by atoms with Gasteiger partial charge in [-0.05, 0) is 32.9 Å². The fraction of sp³-hybridized carbons (Fsp3) is 0.571. The molecule has 2 heterocycles. The maximum atomic E-state index is 12.4. The highest BCUT2D eigenvalue weighted by atomic mass is 16.5. The van der Waals surface area contributed by atoms with E-state index >= 15 is 0 Å². The van der Waals surface area contributed by atoms with Crippen LogP contribution in [0.15, 0.2) is 18.3 Å². The lowest BCUT2D eigenvalue weighted by Crippen LogP contribution is -2.50. The van der Waals surface area contributed by atoms with Crippen LogP contribution in [0, 0.1) is 0 Å². The molecule has 1 amide bonds. The Morgan fingerprint density at radius 2 is 2.32 bits per heavy atom. The second-order valence-corrected chi connectivity index (χ2v) is 4.91. The minimum absolute atomic E-state index is 0.0225. The first kappa shape index (κ1) is 13.8. The third-order valence-corrected chi connectivity index (χ3v) is 3.23. The molecule has 0 saturated carbocycles. The van der Waals surface area contributed by atoms with Gasteiger partial charge in [-0.1, -0.05) is 0 Å². The standard InChI is InChI=1S/C14H21N3O2/c1-4-15-12-5-6-13(16-7-12)14(18)17-8-11(3)19-9-10(17)2/h5-7,10-11,15H,4,8-9H2,1-3H3. The molecule has 0 spiro atoms.